The van der Waals surface area contributed by atoms with Crippen molar-refractivity contribution in [2.24, 2.45) is 0 Å². The molecule has 0 aliphatic heterocycles. The van der Waals surface area contributed by atoms with Crippen LogP contribution in [0.5, 0.6) is 0 Å². The summed E-state index contributed by atoms with van der Waals surface area (Å²) < 4.78 is 0.985. The molecular weight excluding hydrogens is 300 g/mol. The summed E-state index contributed by atoms with van der Waals surface area (Å²) >= 11 is 3.47. The average molecular weight is 317 g/mol. The topological polar surface area (TPSA) is 17.1 Å². The van der Waals surface area contributed by atoms with Gasteiger partial charge < -0.3 is 0 Å². The molecule has 0 aliphatic carbocycles. The van der Waals surface area contributed by atoms with Crippen LogP contribution in [0.15, 0.2) is 40.9 Å². The molecule has 0 saturated carbocycles. The summed E-state index contributed by atoms with van der Waals surface area (Å²) in [7, 11) is 0. The standard InChI is InChI=1S/C17H17BrO/c1-11-4-5-12(2)15(8-11)10-17(19)14-7-6-13(3)16(18)9-14/h4-9H,10H2,1-3H3. The van der Waals surface area contributed by atoms with Crippen LogP contribution in [-0.2, 0) is 6.42 Å². The second-order valence-electron chi connectivity index (χ2n) is 4.99. The Bertz CT molecular complexity index is 629. The van der Waals surface area contributed by atoms with Gasteiger partial charge in [-0.3, -0.25) is 4.79 Å². The summed E-state index contributed by atoms with van der Waals surface area (Å²) in [6.07, 6.45) is 0.461. The number of Topliss-reactive ketones (excluding diaryl/α,β-unsaturated/α-hetero) is 1. The number of aryl methyl sites for hydroxylation is 3. The summed E-state index contributed by atoms with van der Waals surface area (Å²) in [6.45, 7) is 6.12. The number of ketones is 1. The molecule has 0 atom stereocenters. The third kappa shape index (κ3) is 3.32. The molecule has 2 heteroatoms. The molecule has 1 nitrogen and oxygen atoms in total. The minimum Gasteiger partial charge on any atom is -0.294 e. The lowest BCUT2D eigenvalue weighted by molar-refractivity contribution is 0.0992. The van der Waals surface area contributed by atoms with Gasteiger partial charge in [0.2, 0.25) is 0 Å². The van der Waals surface area contributed by atoms with E-state index < -0.39 is 0 Å². The molecule has 0 aromatic heterocycles. The van der Waals surface area contributed by atoms with Gasteiger partial charge in [0.1, 0.15) is 0 Å². The first-order valence-corrected chi connectivity index (χ1v) is 7.12. The molecule has 0 radical (unpaired) electrons. The van der Waals surface area contributed by atoms with Crippen molar-refractivity contribution >= 4 is 21.7 Å². The fraction of sp³-hybridized carbons (Fsp3) is 0.235. The number of carbonyl (C=O) groups excluding carboxylic acids is 1. The molecule has 2 rings (SSSR count). The van der Waals surface area contributed by atoms with E-state index in [-0.39, 0.29) is 5.78 Å². The molecule has 0 spiro atoms. The fourth-order valence-corrected chi connectivity index (χ4v) is 2.41. The molecule has 2 aromatic carbocycles. The Morgan fingerprint density at radius 2 is 1.68 bits per heavy atom. The van der Waals surface area contributed by atoms with Crippen LogP contribution in [0.4, 0.5) is 0 Å². The highest BCUT2D eigenvalue weighted by Crippen LogP contribution is 2.20. The lowest BCUT2D eigenvalue weighted by Crippen LogP contribution is -2.05. The fourth-order valence-electron chi connectivity index (χ4n) is 2.03. The maximum Gasteiger partial charge on any atom is 0.167 e. The number of hydrogen-bond donors (Lipinski definition) is 0. The van der Waals surface area contributed by atoms with Crippen LogP contribution >= 0.6 is 15.9 Å². The summed E-state index contributed by atoms with van der Waals surface area (Å²) in [4.78, 5) is 12.3. The van der Waals surface area contributed by atoms with E-state index in [1.165, 1.54) is 11.1 Å². The third-order valence-corrected chi connectivity index (χ3v) is 4.20. The Kier molecular flexibility index (Phi) is 4.20. The highest BCUT2D eigenvalue weighted by Gasteiger charge is 2.10. The first-order chi connectivity index (χ1) is 8.97. The van der Waals surface area contributed by atoms with Crippen LogP contribution < -0.4 is 0 Å². The first-order valence-electron chi connectivity index (χ1n) is 6.33. The normalized spacial score (nSPS) is 10.5. The van der Waals surface area contributed by atoms with Gasteiger partial charge in [0.25, 0.3) is 0 Å². The molecule has 19 heavy (non-hydrogen) atoms. The lowest BCUT2D eigenvalue weighted by atomic mass is 9.97. The molecule has 0 saturated heterocycles. The zero-order valence-electron chi connectivity index (χ0n) is 11.5. The van der Waals surface area contributed by atoms with E-state index in [9.17, 15) is 4.79 Å². The Labute approximate surface area is 122 Å². The van der Waals surface area contributed by atoms with Gasteiger partial charge in [-0.25, -0.2) is 0 Å². The minimum absolute atomic E-state index is 0.161. The van der Waals surface area contributed by atoms with E-state index >= 15 is 0 Å². The maximum atomic E-state index is 12.3. The van der Waals surface area contributed by atoms with Crippen LogP contribution in [0, 0.1) is 20.8 Å². The quantitative estimate of drug-likeness (QED) is 0.743. The largest absolute Gasteiger partial charge is 0.294 e. The van der Waals surface area contributed by atoms with Crippen molar-refractivity contribution in [3.8, 4) is 0 Å². The summed E-state index contributed by atoms with van der Waals surface area (Å²) in [5.74, 6) is 0.161. The van der Waals surface area contributed by atoms with Crippen LogP contribution in [0.25, 0.3) is 0 Å². The molecule has 0 heterocycles. The van der Waals surface area contributed by atoms with E-state index in [4.69, 9.17) is 0 Å². The SMILES string of the molecule is Cc1ccc(C)c(CC(=O)c2ccc(C)c(Br)c2)c1. The van der Waals surface area contributed by atoms with E-state index in [1.807, 2.05) is 32.0 Å². The van der Waals surface area contributed by atoms with Crippen LogP contribution in [0.3, 0.4) is 0 Å². The number of halogens is 1. The Balaban J connectivity index is 2.25. The summed E-state index contributed by atoms with van der Waals surface area (Å²) in [6, 6.07) is 12.0. The maximum absolute atomic E-state index is 12.3. The Hall–Kier alpha value is -1.41. The van der Waals surface area contributed by atoms with Crippen molar-refractivity contribution in [3.05, 3.63) is 68.7 Å². The predicted octanol–water partition coefficient (Wildman–Crippen LogP) is 4.80. The van der Waals surface area contributed by atoms with Crippen molar-refractivity contribution in [1.29, 1.82) is 0 Å². The molecule has 0 bridgehead atoms. The van der Waals surface area contributed by atoms with Crippen molar-refractivity contribution < 1.29 is 4.79 Å². The van der Waals surface area contributed by atoms with Crippen molar-refractivity contribution in [3.63, 3.8) is 0 Å². The lowest BCUT2D eigenvalue weighted by Gasteiger charge is -2.07. The molecule has 0 amide bonds. The monoisotopic (exact) mass is 316 g/mol. The van der Waals surface area contributed by atoms with Gasteiger partial charge in [-0.05, 0) is 43.5 Å². The van der Waals surface area contributed by atoms with E-state index in [1.54, 1.807) is 0 Å². The smallest absolute Gasteiger partial charge is 0.167 e. The second-order valence-corrected chi connectivity index (χ2v) is 5.85. The van der Waals surface area contributed by atoms with Gasteiger partial charge in [0.05, 0.1) is 0 Å². The van der Waals surface area contributed by atoms with Gasteiger partial charge in [-0.1, -0.05) is 51.8 Å². The van der Waals surface area contributed by atoms with Gasteiger partial charge >= 0.3 is 0 Å². The van der Waals surface area contributed by atoms with Gasteiger partial charge in [-0.2, -0.15) is 0 Å². The highest BCUT2D eigenvalue weighted by molar-refractivity contribution is 9.10. The van der Waals surface area contributed by atoms with E-state index in [0.717, 1.165) is 21.2 Å². The van der Waals surface area contributed by atoms with E-state index in [2.05, 4.69) is 41.1 Å². The van der Waals surface area contributed by atoms with Crippen molar-refractivity contribution in [1.82, 2.24) is 0 Å². The molecule has 0 aliphatic rings. The zero-order valence-corrected chi connectivity index (χ0v) is 13.0. The van der Waals surface area contributed by atoms with Gasteiger partial charge in [0.15, 0.2) is 5.78 Å². The molecule has 98 valence electrons. The number of carbonyl (C=O) groups is 1. The second kappa shape index (κ2) is 5.70. The molecule has 0 unspecified atom stereocenters. The number of benzene rings is 2. The summed E-state index contributed by atoms with van der Waals surface area (Å²) in [5, 5.41) is 0. The first kappa shape index (κ1) is 14.0. The van der Waals surface area contributed by atoms with Crippen molar-refractivity contribution in [2.45, 2.75) is 27.2 Å². The molecular formula is C17H17BrO. The predicted molar refractivity (Wildman–Crippen MR) is 82.8 cm³/mol. The molecule has 0 N–H and O–H groups in total. The van der Waals surface area contributed by atoms with Gasteiger partial charge in [-0.15, -0.1) is 0 Å². The Morgan fingerprint density at radius 3 is 2.37 bits per heavy atom. The molecule has 0 fully saturated rings. The zero-order chi connectivity index (χ0) is 14.0. The highest BCUT2D eigenvalue weighted by atomic mass is 79.9. The van der Waals surface area contributed by atoms with E-state index in [0.29, 0.717) is 6.42 Å². The van der Waals surface area contributed by atoms with Gasteiger partial charge in [0, 0.05) is 16.5 Å². The minimum atomic E-state index is 0.161. The number of rotatable bonds is 3. The summed E-state index contributed by atoms with van der Waals surface area (Å²) in [5.41, 5.74) is 5.38. The Morgan fingerprint density at radius 1 is 1.00 bits per heavy atom. The van der Waals surface area contributed by atoms with Crippen LogP contribution in [-0.4, -0.2) is 5.78 Å². The van der Waals surface area contributed by atoms with Crippen molar-refractivity contribution in [2.75, 3.05) is 0 Å². The van der Waals surface area contributed by atoms with Crippen LogP contribution in [0.2, 0.25) is 0 Å². The third-order valence-electron chi connectivity index (χ3n) is 3.35. The van der Waals surface area contributed by atoms with Crippen LogP contribution in [0.1, 0.15) is 32.6 Å². The average Bonchev–Trinajstić information content (AvgIpc) is 2.37. The number of hydrogen-bond acceptors (Lipinski definition) is 1. The molecule has 2 aromatic rings.